The molecule has 1 amide bonds. The lowest BCUT2D eigenvalue weighted by molar-refractivity contribution is 0.0793. The molecule has 0 bridgehead atoms. The Balaban J connectivity index is 1.57. The zero-order valence-corrected chi connectivity index (χ0v) is 19.9. The molecule has 35 heavy (non-hydrogen) atoms. The van der Waals surface area contributed by atoms with Crippen LogP contribution in [0.5, 0.6) is 0 Å². The molecule has 5 rings (SSSR count). The highest BCUT2D eigenvalue weighted by Crippen LogP contribution is 2.26. The molecule has 0 N–H and O–H groups in total. The molecule has 1 fully saturated rings. The largest absolute Gasteiger partial charge is 0.339 e. The minimum Gasteiger partial charge on any atom is -0.339 e. The molecule has 0 unspecified atom stereocenters. The van der Waals surface area contributed by atoms with Crippen LogP contribution in [0.1, 0.15) is 34.3 Å². The summed E-state index contributed by atoms with van der Waals surface area (Å²) >= 11 is 1.42. The average molecular weight is 486 g/mol. The molecule has 1 saturated heterocycles. The van der Waals surface area contributed by atoms with Gasteiger partial charge >= 0.3 is 0 Å². The van der Waals surface area contributed by atoms with Gasteiger partial charge in [0.05, 0.1) is 16.6 Å². The van der Waals surface area contributed by atoms with Crippen molar-refractivity contribution in [2.75, 3.05) is 13.1 Å². The Kier molecular flexibility index (Phi) is 6.51. The number of benzene rings is 3. The zero-order chi connectivity index (χ0) is 24.4. The number of carbonyl (C=O) groups excluding carboxylic acids is 1. The van der Waals surface area contributed by atoms with Crippen molar-refractivity contribution in [2.24, 2.45) is 0 Å². The normalized spacial score (nSPS) is 13.3. The lowest BCUT2D eigenvalue weighted by Gasteiger charge is -2.16. The van der Waals surface area contributed by atoms with Gasteiger partial charge in [0.1, 0.15) is 5.82 Å². The van der Waals surface area contributed by atoms with Crippen LogP contribution >= 0.6 is 11.8 Å². The van der Waals surface area contributed by atoms with E-state index < -0.39 is 0 Å². The number of fused-ring (bicyclic) bond motifs is 1. The second-order valence-corrected chi connectivity index (χ2v) is 9.42. The maximum atomic E-state index is 13.6. The van der Waals surface area contributed by atoms with E-state index >= 15 is 0 Å². The number of aromatic nitrogens is 2. The maximum absolute atomic E-state index is 13.6. The first kappa shape index (κ1) is 23.1. The highest BCUT2D eigenvalue weighted by molar-refractivity contribution is 7.98. The molecule has 1 aromatic heterocycles. The molecule has 1 aliphatic rings. The van der Waals surface area contributed by atoms with E-state index in [1.54, 1.807) is 36.4 Å². The van der Waals surface area contributed by atoms with E-state index in [9.17, 15) is 14.0 Å². The number of carbonyl (C=O) groups is 1. The SMILES string of the molecule is C=Cc1ccc(CSc2nc3cc(C(=O)N4CCCC4)ccc3c(=O)n2-c2ccc(F)cc2)cc1. The summed E-state index contributed by atoms with van der Waals surface area (Å²) in [6.45, 7) is 5.29. The number of nitrogens with zero attached hydrogens (tertiary/aromatic N) is 3. The van der Waals surface area contributed by atoms with E-state index in [1.807, 2.05) is 29.2 Å². The summed E-state index contributed by atoms with van der Waals surface area (Å²) in [5.74, 6) is 0.172. The van der Waals surface area contributed by atoms with Gasteiger partial charge in [0.2, 0.25) is 0 Å². The minimum absolute atomic E-state index is 0.0366. The monoisotopic (exact) mass is 485 g/mol. The summed E-state index contributed by atoms with van der Waals surface area (Å²) in [4.78, 5) is 33.1. The average Bonchev–Trinajstić information content (AvgIpc) is 3.43. The second-order valence-electron chi connectivity index (χ2n) is 8.48. The number of hydrogen-bond donors (Lipinski definition) is 0. The van der Waals surface area contributed by atoms with E-state index in [-0.39, 0.29) is 17.3 Å². The third-order valence-corrected chi connectivity index (χ3v) is 7.16. The molecule has 0 radical (unpaired) electrons. The predicted molar refractivity (Wildman–Crippen MR) is 139 cm³/mol. The molecule has 4 aromatic rings. The molecule has 0 spiro atoms. The fraction of sp³-hybridized carbons (Fsp3) is 0.179. The van der Waals surface area contributed by atoms with Crippen LogP contribution in [-0.4, -0.2) is 33.4 Å². The summed E-state index contributed by atoms with van der Waals surface area (Å²) < 4.78 is 15.1. The minimum atomic E-state index is -0.378. The second kappa shape index (κ2) is 9.88. The molecule has 0 saturated carbocycles. The van der Waals surface area contributed by atoms with Crippen LogP contribution in [0.2, 0.25) is 0 Å². The standard InChI is InChI=1S/C28H24FN3O2S/c1-2-19-5-7-20(8-6-19)18-35-28-30-25-17-21(26(33)31-15-3-4-16-31)9-14-24(25)27(34)32(28)23-12-10-22(29)11-13-23/h2,5-14,17H,1,3-4,15-16,18H2. The summed E-state index contributed by atoms with van der Waals surface area (Å²) in [6.07, 6.45) is 3.80. The van der Waals surface area contributed by atoms with E-state index in [4.69, 9.17) is 4.98 Å². The number of amides is 1. The van der Waals surface area contributed by atoms with Crippen molar-refractivity contribution in [3.63, 3.8) is 0 Å². The van der Waals surface area contributed by atoms with E-state index in [0.29, 0.717) is 33.1 Å². The molecule has 3 aromatic carbocycles. The van der Waals surface area contributed by atoms with Crippen molar-refractivity contribution < 1.29 is 9.18 Å². The number of thioether (sulfide) groups is 1. The van der Waals surface area contributed by atoms with Gasteiger partial charge in [-0.05, 0) is 66.4 Å². The van der Waals surface area contributed by atoms with Crippen LogP contribution in [0.3, 0.4) is 0 Å². The number of hydrogen-bond acceptors (Lipinski definition) is 4. The molecular formula is C28H24FN3O2S. The summed E-state index contributed by atoms with van der Waals surface area (Å²) in [5, 5.41) is 0.889. The fourth-order valence-corrected chi connectivity index (χ4v) is 5.18. The molecule has 5 nitrogen and oxygen atoms in total. The van der Waals surface area contributed by atoms with Crippen molar-refractivity contribution in [3.05, 3.63) is 106 Å². The number of rotatable bonds is 6. The van der Waals surface area contributed by atoms with Crippen molar-refractivity contribution in [1.29, 1.82) is 0 Å². The van der Waals surface area contributed by atoms with Gasteiger partial charge in [0, 0.05) is 24.4 Å². The summed E-state index contributed by atoms with van der Waals surface area (Å²) in [7, 11) is 0. The Morgan fingerprint density at radius 2 is 1.74 bits per heavy atom. The van der Waals surface area contributed by atoms with Gasteiger partial charge in [0.25, 0.3) is 11.5 Å². The molecule has 1 aliphatic heterocycles. The molecule has 0 aliphatic carbocycles. The third kappa shape index (κ3) is 4.77. The lowest BCUT2D eigenvalue weighted by Crippen LogP contribution is -2.28. The Morgan fingerprint density at radius 1 is 1.03 bits per heavy atom. The predicted octanol–water partition coefficient (Wildman–Crippen LogP) is 5.70. The van der Waals surface area contributed by atoms with Crippen molar-refractivity contribution in [1.82, 2.24) is 14.5 Å². The molecule has 7 heteroatoms. The first-order chi connectivity index (χ1) is 17.0. The van der Waals surface area contributed by atoms with E-state index in [1.165, 1.54) is 28.5 Å². The van der Waals surface area contributed by atoms with Crippen LogP contribution in [0.4, 0.5) is 4.39 Å². The van der Waals surface area contributed by atoms with Crippen molar-refractivity contribution >= 4 is 34.6 Å². The fourth-order valence-electron chi connectivity index (χ4n) is 4.21. The highest BCUT2D eigenvalue weighted by Gasteiger charge is 2.21. The quantitative estimate of drug-likeness (QED) is 0.260. The first-order valence-corrected chi connectivity index (χ1v) is 12.5. The van der Waals surface area contributed by atoms with E-state index in [2.05, 4.69) is 6.58 Å². The lowest BCUT2D eigenvalue weighted by atomic mass is 10.1. The van der Waals surface area contributed by atoms with Gasteiger partial charge in [-0.2, -0.15) is 0 Å². The van der Waals surface area contributed by atoms with Crippen LogP contribution in [0, 0.1) is 5.82 Å². The molecule has 2 heterocycles. The van der Waals surface area contributed by atoms with Crippen LogP contribution < -0.4 is 5.56 Å². The topological polar surface area (TPSA) is 55.2 Å². The molecular weight excluding hydrogens is 461 g/mol. The van der Waals surface area contributed by atoms with Gasteiger partial charge in [0.15, 0.2) is 5.16 Å². The maximum Gasteiger partial charge on any atom is 0.266 e. The number of halogens is 1. The summed E-state index contributed by atoms with van der Waals surface area (Å²) in [5.41, 5.74) is 3.38. The Bertz CT molecular complexity index is 1460. The van der Waals surface area contributed by atoms with Crippen LogP contribution in [0.25, 0.3) is 22.7 Å². The van der Waals surface area contributed by atoms with E-state index in [0.717, 1.165) is 37.1 Å². The Morgan fingerprint density at radius 3 is 2.43 bits per heavy atom. The van der Waals surface area contributed by atoms with Gasteiger partial charge < -0.3 is 4.90 Å². The third-order valence-electron chi connectivity index (χ3n) is 6.15. The van der Waals surface area contributed by atoms with Gasteiger partial charge in [-0.1, -0.05) is 48.7 Å². The molecule has 176 valence electrons. The van der Waals surface area contributed by atoms with Crippen molar-refractivity contribution in [2.45, 2.75) is 23.8 Å². The van der Waals surface area contributed by atoms with Gasteiger partial charge in [-0.3, -0.25) is 14.2 Å². The highest BCUT2D eigenvalue weighted by atomic mass is 32.2. The van der Waals surface area contributed by atoms with Gasteiger partial charge in [-0.15, -0.1) is 0 Å². The van der Waals surface area contributed by atoms with Crippen LogP contribution in [-0.2, 0) is 5.75 Å². The number of likely N-dealkylation sites (tertiary alicyclic amines) is 1. The summed E-state index contributed by atoms with van der Waals surface area (Å²) in [6, 6.07) is 18.8. The smallest absolute Gasteiger partial charge is 0.266 e. The van der Waals surface area contributed by atoms with Crippen molar-refractivity contribution in [3.8, 4) is 5.69 Å². The van der Waals surface area contributed by atoms with Gasteiger partial charge in [-0.25, -0.2) is 9.37 Å². The van der Waals surface area contributed by atoms with Crippen LogP contribution in [0.15, 0.2) is 83.3 Å². The zero-order valence-electron chi connectivity index (χ0n) is 19.1. The Labute approximate surface area is 206 Å². The first-order valence-electron chi connectivity index (χ1n) is 11.5. The Hall–Kier alpha value is -3.71. The molecule has 0 atom stereocenters.